The zero-order valence-corrected chi connectivity index (χ0v) is 15.0. The van der Waals surface area contributed by atoms with E-state index in [1.165, 1.54) is 16.9 Å². The highest BCUT2D eigenvalue weighted by atomic mass is 32.1. The van der Waals surface area contributed by atoms with Crippen LogP contribution >= 0.6 is 11.3 Å². The number of carbonyl (C=O) groups is 2. The standard InChI is InChI=1S/C18H25N3O2S/c1-12-4-5-15-13(9-12)10-16(24-15)17(22)20-7-2-3-14(11-20)21-8-6-19-18(21)23/h10,12,14H,2-9,11H2,1H3,(H,19,23)/t12-,14+/m1/s1. The summed E-state index contributed by atoms with van der Waals surface area (Å²) in [6, 6.07) is 2.32. The zero-order valence-electron chi connectivity index (χ0n) is 14.2. The van der Waals surface area contributed by atoms with Crippen LogP contribution in [0, 0.1) is 5.92 Å². The molecule has 0 bridgehead atoms. The molecule has 4 rings (SSSR count). The maximum atomic E-state index is 13.0. The van der Waals surface area contributed by atoms with Crippen molar-refractivity contribution in [2.45, 2.75) is 45.1 Å². The van der Waals surface area contributed by atoms with Gasteiger partial charge in [-0.25, -0.2) is 4.79 Å². The molecule has 1 N–H and O–H groups in total. The van der Waals surface area contributed by atoms with Crippen molar-refractivity contribution in [1.82, 2.24) is 15.1 Å². The van der Waals surface area contributed by atoms with Crippen LogP contribution < -0.4 is 5.32 Å². The van der Waals surface area contributed by atoms with Gasteiger partial charge in [-0.1, -0.05) is 6.92 Å². The smallest absolute Gasteiger partial charge is 0.317 e. The van der Waals surface area contributed by atoms with Gasteiger partial charge in [0, 0.05) is 31.1 Å². The third kappa shape index (κ3) is 2.92. The summed E-state index contributed by atoms with van der Waals surface area (Å²) in [6.45, 7) is 5.25. The Morgan fingerprint density at radius 3 is 3.00 bits per heavy atom. The largest absolute Gasteiger partial charge is 0.336 e. The molecule has 1 aromatic heterocycles. The van der Waals surface area contributed by atoms with Crippen LogP contribution in [-0.4, -0.2) is 54.0 Å². The molecular weight excluding hydrogens is 322 g/mol. The van der Waals surface area contributed by atoms with Crippen LogP contribution in [0.2, 0.25) is 0 Å². The molecule has 24 heavy (non-hydrogen) atoms. The molecule has 3 aliphatic rings. The molecule has 0 spiro atoms. The number of hydrogen-bond donors (Lipinski definition) is 1. The third-order valence-electron chi connectivity index (χ3n) is 5.55. The lowest BCUT2D eigenvalue weighted by molar-refractivity contribution is 0.0639. The molecule has 0 radical (unpaired) electrons. The molecule has 0 unspecified atom stereocenters. The van der Waals surface area contributed by atoms with E-state index in [1.807, 2.05) is 9.80 Å². The molecule has 130 valence electrons. The summed E-state index contributed by atoms with van der Waals surface area (Å²) in [6.07, 6.45) is 5.43. The van der Waals surface area contributed by atoms with Crippen LogP contribution in [0.15, 0.2) is 6.07 Å². The van der Waals surface area contributed by atoms with Gasteiger partial charge in [-0.05, 0) is 49.7 Å². The van der Waals surface area contributed by atoms with Crippen LogP contribution in [0.5, 0.6) is 0 Å². The predicted octanol–water partition coefficient (Wildman–Crippen LogP) is 2.50. The summed E-state index contributed by atoms with van der Waals surface area (Å²) in [5.74, 6) is 0.884. The van der Waals surface area contributed by atoms with E-state index in [9.17, 15) is 9.59 Å². The summed E-state index contributed by atoms with van der Waals surface area (Å²) < 4.78 is 0. The first-order valence-corrected chi connectivity index (χ1v) is 9.89. The summed E-state index contributed by atoms with van der Waals surface area (Å²) in [5.41, 5.74) is 1.38. The van der Waals surface area contributed by atoms with Crippen molar-refractivity contribution in [2.75, 3.05) is 26.2 Å². The summed E-state index contributed by atoms with van der Waals surface area (Å²) in [5, 5.41) is 2.87. The first kappa shape index (κ1) is 15.9. The number of amides is 3. The lowest BCUT2D eigenvalue weighted by Crippen LogP contribution is -2.50. The van der Waals surface area contributed by atoms with Gasteiger partial charge in [0.1, 0.15) is 0 Å². The topological polar surface area (TPSA) is 52.7 Å². The Bertz CT molecular complexity index is 657. The fourth-order valence-corrected chi connectivity index (χ4v) is 5.37. The minimum atomic E-state index is 0.0230. The number of thiophene rings is 1. The van der Waals surface area contributed by atoms with E-state index in [-0.39, 0.29) is 18.0 Å². The summed E-state index contributed by atoms with van der Waals surface area (Å²) >= 11 is 1.69. The van der Waals surface area contributed by atoms with Crippen LogP contribution in [-0.2, 0) is 12.8 Å². The molecule has 3 heterocycles. The second kappa shape index (κ2) is 6.39. The molecule has 6 heteroatoms. The summed E-state index contributed by atoms with van der Waals surface area (Å²) in [7, 11) is 0. The Kier molecular flexibility index (Phi) is 4.24. The monoisotopic (exact) mass is 347 g/mol. The zero-order chi connectivity index (χ0) is 16.7. The van der Waals surface area contributed by atoms with Crippen LogP contribution in [0.4, 0.5) is 4.79 Å². The molecule has 1 aromatic rings. The first-order chi connectivity index (χ1) is 11.6. The van der Waals surface area contributed by atoms with Crippen molar-refractivity contribution >= 4 is 23.3 Å². The molecular formula is C18H25N3O2S. The van der Waals surface area contributed by atoms with Crippen molar-refractivity contribution in [3.8, 4) is 0 Å². The maximum Gasteiger partial charge on any atom is 0.317 e. The average molecular weight is 347 g/mol. The molecule has 2 aliphatic heterocycles. The Labute approximate surface area is 147 Å². The molecule has 2 saturated heterocycles. The van der Waals surface area contributed by atoms with Gasteiger partial charge < -0.3 is 15.1 Å². The van der Waals surface area contributed by atoms with Gasteiger partial charge in [0.25, 0.3) is 5.91 Å². The van der Waals surface area contributed by atoms with E-state index in [4.69, 9.17) is 0 Å². The SMILES string of the molecule is C[C@@H]1CCc2sc(C(=O)N3CCC[C@H](N4CCNC4=O)C3)cc2C1. The van der Waals surface area contributed by atoms with E-state index >= 15 is 0 Å². The van der Waals surface area contributed by atoms with E-state index in [2.05, 4.69) is 18.3 Å². The Balaban J connectivity index is 1.47. The highest BCUT2D eigenvalue weighted by Crippen LogP contribution is 2.33. The number of rotatable bonds is 2. The molecule has 3 amide bonds. The quantitative estimate of drug-likeness (QED) is 0.894. The minimum absolute atomic E-state index is 0.0230. The number of urea groups is 1. The van der Waals surface area contributed by atoms with Crippen LogP contribution in [0.3, 0.4) is 0 Å². The van der Waals surface area contributed by atoms with Crippen molar-refractivity contribution < 1.29 is 9.59 Å². The Morgan fingerprint density at radius 1 is 1.33 bits per heavy atom. The number of likely N-dealkylation sites (tertiary alicyclic amines) is 1. The maximum absolute atomic E-state index is 13.0. The normalized spacial score (nSPS) is 27.1. The predicted molar refractivity (Wildman–Crippen MR) is 94.5 cm³/mol. The van der Waals surface area contributed by atoms with E-state index in [0.717, 1.165) is 56.1 Å². The first-order valence-electron chi connectivity index (χ1n) is 9.07. The van der Waals surface area contributed by atoms with Crippen molar-refractivity contribution in [3.63, 3.8) is 0 Å². The number of carbonyl (C=O) groups excluding carboxylic acids is 2. The molecule has 2 fully saturated rings. The highest BCUT2D eigenvalue weighted by molar-refractivity contribution is 7.14. The molecule has 5 nitrogen and oxygen atoms in total. The van der Waals surface area contributed by atoms with Gasteiger partial charge in [0.15, 0.2) is 0 Å². The van der Waals surface area contributed by atoms with Gasteiger partial charge in [-0.15, -0.1) is 11.3 Å². The second-order valence-corrected chi connectivity index (χ2v) is 8.52. The minimum Gasteiger partial charge on any atom is -0.336 e. The number of piperidine rings is 1. The lowest BCUT2D eigenvalue weighted by atomic mass is 9.90. The Hall–Kier alpha value is -1.56. The number of aryl methyl sites for hydroxylation is 1. The van der Waals surface area contributed by atoms with Gasteiger partial charge in [-0.3, -0.25) is 4.79 Å². The van der Waals surface area contributed by atoms with Gasteiger partial charge in [0.05, 0.1) is 10.9 Å². The van der Waals surface area contributed by atoms with Crippen molar-refractivity contribution in [1.29, 1.82) is 0 Å². The fourth-order valence-electron chi connectivity index (χ4n) is 4.20. The highest BCUT2D eigenvalue weighted by Gasteiger charge is 2.33. The van der Waals surface area contributed by atoms with Gasteiger partial charge in [-0.2, -0.15) is 0 Å². The van der Waals surface area contributed by atoms with Crippen molar-refractivity contribution in [2.24, 2.45) is 5.92 Å². The number of nitrogens with zero attached hydrogens (tertiary/aromatic N) is 2. The number of hydrogen-bond acceptors (Lipinski definition) is 3. The Morgan fingerprint density at radius 2 is 2.21 bits per heavy atom. The van der Waals surface area contributed by atoms with Crippen LogP contribution in [0.1, 0.15) is 46.3 Å². The third-order valence-corrected chi connectivity index (χ3v) is 6.78. The van der Waals surface area contributed by atoms with Gasteiger partial charge in [0.2, 0.25) is 0 Å². The van der Waals surface area contributed by atoms with Gasteiger partial charge >= 0.3 is 6.03 Å². The van der Waals surface area contributed by atoms with Crippen LogP contribution in [0.25, 0.3) is 0 Å². The summed E-state index contributed by atoms with van der Waals surface area (Å²) in [4.78, 5) is 31.0. The number of nitrogens with one attached hydrogen (secondary N) is 1. The van der Waals surface area contributed by atoms with E-state index in [0.29, 0.717) is 6.54 Å². The average Bonchev–Trinajstić information content (AvgIpc) is 3.20. The molecule has 0 saturated carbocycles. The molecule has 2 atom stereocenters. The number of fused-ring (bicyclic) bond motifs is 1. The van der Waals surface area contributed by atoms with E-state index < -0.39 is 0 Å². The molecule has 1 aliphatic carbocycles. The second-order valence-electron chi connectivity index (χ2n) is 7.38. The van der Waals surface area contributed by atoms with Crippen molar-refractivity contribution in [3.05, 3.63) is 21.4 Å². The fraction of sp³-hybridized carbons (Fsp3) is 0.667. The molecule has 0 aromatic carbocycles. The van der Waals surface area contributed by atoms with E-state index in [1.54, 1.807) is 11.3 Å². The lowest BCUT2D eigenvalue weighted by Gasteiger charge is -2.36.